The predicted octanol–water partition coefficient (Wildman–Crippen LogP) is 4.70. The highest BCUT2D eigenvalue weighted by Gasteiger charge is 2.19. The third-order valence-electron chi connectivity index (χ3n) is 5.40. The lowest BCUT2D eigenvalue weighted by atomic mass is 9.99. The van der Waals surface area contributed by atoms with Crippen LogP contribution in [0.25, 0.3) is 0 Å². The first-order valence-corrected chi connectivity index (χ1v) is 11.0. The molecule has 1 saturated heterocycles. The summed E-state index contributed by atoms with van der Waals surface area (Å²) in [7, 11) is 0. The number of hydrogen-bond donors (Lipinski definition) is 2. The standard InChI is InChI=1S/C23H38N4O.HI/c1-4-7-10-19(5-2)16-25-23(24-6-3)26-17-20-11-8-12-21(15-20)18-27-14-9-13-22(27)28;/h8,11-12,15,19H,4-7,9-10,13-14,16-18H2,1-3H3,(H2,24,25,26);1H. The number of aliphatic imine (C=N–C) groups is 1. The van der Waals surface area contributed by atoms with Crippen LogP contribution in [-0.2, 0) is 17.9 Å². The maximum Gasteiger partial charge on any atom is 0.222 e. The molecule has 1 amide bonds. The maximum absolute atomic E-state index is 11.9. The van der Waals surface area contributed by atoms with E-state index < -0.39 is 0 Å². The molecule has 0 saturated carbocycles. The number of nitrogens with one attached hydrogen (secondary N) is 2. The van der Waals surface area contributed by atoms with Crippen molar-refractivity contribution in [2.24, 2.45) is 10.9 Å². The molecule has 0 aliphatic carbocycles. The quantitative estimate of drug-likeness (QED) is 0.256. The number of unbranched alkanes of at least 4 members (excludes halogenated alkanes) is 1. The first-order valence-electron chi connectivity index (χ1n) is 11.0. The Kier molecular flexibility index (Phi) is 13.0. The van der Waals surface area contributed by atoms with Gasteiger partial charge in [-0.05, 0) is 36.8 Å². The number of benzene rings is 1. The Morgan fingerprint density at radius 1 is 1.21 bits per heavy atom. The molecule has 0 spiro atoms. The molecule has 0 bridgehead atoms. The fourth-order valence-corrected chi connectivity index (χ4v) is 3.61. The van der Waals surface area contributed by atoms with Crippen LogP contribution in [0, 0.1) is 5.92 Å². The second-order valence-corrected chi connectivity index (χ2v) is 7.73. The van der Waals surface area contributed by atoms with Gasteiger partial charge in [0, 0.05) is 32.6 Å². The van der Waals surface area contributed by atoms with Gasteiger partial charge in [-0.25, -0.2) is 4.99 Å². The summed E-state index contributed by atoms with van der Waals surface area (Å²) in [5.74, 6) is 1.86. The Morgan fingerprint density at radius 3 is 2.66 bits per heavy atom. The number of nitrogens with zero attached hydrogens (tertiary/aromatic N) is 2. The monoisotopic (exact) mass is 514 g/mol. The molecule has 1 aliphatic heterocycles. The van der Waals surface area contributed by atoms with E-state index in [9.17, 15) is 4.79 Å². The summed E-state index contributed by atoms with van der Waals surface area (Å²) in [6.45, 7) is 10.7. The molecule has 5 nitrogen and oxygen atoms in total. The number of carbonyl (C=O) groups excluding carboxylic acids is 1. The van der Waals surface area contributed by atoms with Crippen LogP contribution in [-0.4, -0.2) is 36.4 Å². The minimum Gasteiger partial charge on any atom is -0.357 e. The number of hydrogen-bond acceptors (Lipinski definition) is 2. The average molecular weight is 514 g/mol. The van der Waals surface area contributed by atoms with Gasteiger partial charge in [0.25, 0.3) is 0 Å². The van der Waals surface area contributed by atoms with Gasteiger partial charge in [-0.15, -0.1) is 24.0 Å². The summed E-state index contributed by atoms with van der Waals surface area (Å²) in [5, 5.41) is 6.87. The summed E-state index contributed by atoms with van der Waals surface area (Å²) in [5.41, 5.74) is 2.37. The molecule has 2 N–H and O–H groups in total. The van der Waals surface area contributed by atoms with Gasteiger partial charge in [0.15, 0.2) is 5.96 Å². The largest absolute Gasteiger partial charge is 0.357 e. The molecule has 1 aromatic carbocycles. The number of carbonyl (C=O) groups is 1. The van der Waals surface area contributed by atoms with E-state index in [4.69, 9.17) is 4.99 Å². The smallest absolute Gasteiger partial charge is 0.222 e. The minimum atomic E-state index is 0. The summed E-state index contributed by atoms with van der Waals surface area (Å²) in [6, 6.07) is 8.45. The van der Waals surface area contributed by atoms with E-state index in [2.05, 4.69) is 55.7 Å². The zero-order valence-electron chi connectivity index (χ0n) is 18.4. The predicted molar refractivity (Wildman–Crippen MR) is 133 cm³/mol. The van der Waals surface area contributed by atoms with E-state index in [1.165, 1.54) is 36.8 Å². The van der Waals surface area contributed by atoms with Crippen molar-refractivity contribution >= 4 is 35.8 Å². The number of amides is 1. The summed E-state index contributed by atoms with van der Waals surface area (Å²) in [6.07, 6.45) is 6.70. The van der Waals surface area contributed by atoms with Gasteiger partial charge in [-0.1, -0.05) is 57.4 Å². The fraction of sp³-hybridized carbons (Fsp3) is 0.652. The van der Waals surface area contributed by atoms with E-state index in [-0.39, 0.29) is 29.9 Å². The summed E-state index contributed by atoms with van der Waals surface area (Å²) < 4.78 is 0. The van der Waals surface area contributed by atoms with Gasteiger partial charge < -0.3 is 15.5 Å². The third kappa shape index (κ3) is 9.36. The van der Waals surface area contributed by atoms with Crippen LogP contribution in [0.4, 0.5) is 0 Å². The molecule has 0 aromatic heterocycles. The van der Waals surface area contributed by atoms with Crippen molar-refractivity contribution in [1.29, 1.82) is 0 Å². The van der Waals surface area contributed by atoms with Gasteiger partial charge in [0.05, 0.1) is 6.54 Å². The molecule has 1 heterocycles. The number of likely N-dealkylation sites (tertiary alicyclic amines) is 1. The number of rotatable bonds is 11. The Balaban J connectivity index is 0.00000420. The highest BCUT2D eigenvalue weighted by molar-refractivity contribution is 14.0. The zero-order valence-corrected chi connectivity index (χ0v) is 20.7. The molecular weight excluding hydrogens is 475 g/mol. The number of guanidine groups is 1. The Labute approximate surface area is 194 Å². The van der Waals surface area contributed by atoms with E-state index in [0.29, 0.717) is 25.4 Å². The van der Waals surface area contributed by atoms with E-state index >= 15 is 0 Å². The molecule has 1 fully saturated rings. The van der Waals surface area contributed by atoms with E-state index in [1.54, 1.807) is 0 Å². The second kappa shape index (κ2) is 14.6. The Morgan fingerprint density at radius 2 is 2.00 bits per heavy atom. The third-order valence-corrected chi connectivity index (χ3v) is 5.40. The maximum atomic E-state index is 11.9. The molecule has 1 aliphatic rings. The van der Waals surface area contributed by atoms with Crippen molar-refractivity contribution in [3.63, 3.8) is 0 Å². The van der Waals surface area contributed by atoms with Crippen LogP contribution < -0.4 is 10.6 Å². The molecular formula is C23H39IN4O. The molecule has 2 rings (SSSR count). The van der Waals surface area contributed by atoms with Gasteiger partial charge in [-0.3, -0.25) is 4.79 Å². The van der Waals surface area contributed by atoms with Crippen LogP contribution >= 0.6 is 24.0 Å². The highest BCUT2D eigenvalue weighted by atomic mass is 127. The first-order chi connectivity index (χ1) is 13.7. The van der Waals surface area contributed by atoms with E-state index in [0.717, 1.165) is 32.0 Å². The van der Waals surface area contributed by atoms with E-state index in [1.807, 2.05) is 4.90 Å². The zero-order chi connectivity index (χ0) is 20.2. The van der Waals surface area contributed by atoms with Crippen LogP contribution in [0.3, 0.4) is 0 Å². The van der Waals surface area contributed by atoms with Gasteiger partial charge in [-0.2, -0.15) is 0 Å². The Bertz CT molecular complexity index is 635. The average Bonchev–Trinajstić information content (AvgIpc) is 3.11. The molecule has 0 radical (unpaired) electrons. The molecule has 1 unspecified atom stereocenters. The molecule has 1 atom stereocenters. The van der Waals surface area contributed by atoms with Crippen LogP contribution in [0.2, 0.25) is 0 Å². The van der Waals surface area contributed by atoms with Crippen molar-refractivity contribution in [1.82, 2.24) is 15.5 Å². The molecule has 164 valence electrons. The topological polar surface area (TPSA) is 56.7 Å². The molecule has 1 aromatic rings. The van der Waals surface area contributed by atoms with Gasteiger partial charge >= 0.3 is 0 Å². The fourth-order valence-electron chi connectivity index (χ4n) is 3.61. The lowest BCUT2D eigenvalue weighted by Gasteiger charge is -2.18. The lowest BCUT2D eigenvalue weighted by molar-refractivity contribution is -0.128. The van der Waals surface area contributed by atoms with Crippen LogP contribution in [0.5, 0.6) is 0 Å². The van der Waals surface area contributed by atoms with Crippen molar-refractivity contribution in [2.45, 2.75) is 72.4 Å². The minimum absolute atomic E-state index is 0. The lowest BCUT2D eigenvalue weighted by Crippen LogP contribution is -2.39. The number of halogens is 1. The molecule has 6 heteroatoms. The van der Waals surface area contributed by atoms with Crippen molar-refractivity contribution < 1.29 is 4.79 Å². The summed E-state index contributed by atoms with van der Waals surface area (Å²) >= 11 is 0. The molecule has 29 heavy (non-hydrogen) atoms. The highest BCUT2D eigenvalue weighted by Crippen LogP contribution is 2.15. The van der Waals surface area contributed by atoms with Crippen LogP contribution in [0.1, 0.15) is 70.4 Å². The normalized spacial score (nSPS) is 15.2. The van der Waals surface area contributed by atoms with Crippen molar-refractivity contribution in [2.75, 3.05) is 19.6 Å². The SMILES string of the molecule is CCCCC(CC)CNC(=NCc1cccc(CN2CCCC2=O)c1)NCC.I. The van der Waals surface area contributed by atoms with Crippen molar-refractivity contribution in [3.05, 3.63) is 35.4 Å². The Hall–Kier alpha value is -1.31. The summed E-state index contributed by atoms with van der Waals surface area (Å²) in [4.78, 5) is 18.6. The van der Waals surface area contributed by atoms with Crippen molar-refractivity contribution in [3.8, 4) is 0 Å². The van der Waals surface area contributed by atoms with Gasteiger partial charge in [0.1, 0.15) is 0 Å². The first kappa shape index (κ1) is 25.7. The second-order valence-electron chi connectivity index (χ2n) is 7.73. The van der Waals surface area contributed by atoms with Crippen LogP contribution in [0.15, 0.2) is 29.3 Å². The van der Waals surface area contributed by atoms with Gasteiger partial charge in [0.2, 0.25) is 5.91 Å².